The minimum atomic E-state index is -4.41. The molecule has 29 heavy (non-hydrogen) atoms. The number of benzene rings is 1. The number of aryl methyl sites for hydroxylation is 2. The molecule has 10 heteroatoms. The molecule has 2 heterocycles. The number of rotatable bonds is 5. The van der Waals surface area contributed by atoms with Crippen molar-refractivity contribution in [2.24, 2.45) is 0 Å². The van der Waals surface area contributed by atoms with Crippen LogP contribution in [0.1, 0.15) is 39.9 Å². The monoisotopic (exact) mass is 425 g/mol. The Labute approximate surface area is 170 Å². The molecule has 2 aromatic heterocycles. The van der Waals surface area contributed by atoms with Crippen LogP contribution in [-0.4, -0.2) is 25.5 Å². The van der Waals surface area contributed by atoms with E-state index in [9.17, 15) is 18.0 Å². The second kappa shape index (κ2) is 7.90. The fraction of sp³-hybridized carbons (Fsp3) is 0.316. The van der Waals surface area contributed by atoms with E-state index in [0.29, 0.717) is 29.2 Å². The predicted molar refractivity (Wildman–Crippen MR) is 103 cm³/mol. The quantitative estimate of drug-likeness (QED) is 0.645. The van der Waals surface area contributed by atoms with Gasteiger partial charge in [0, 0.05) is 6.54 Å². The highest BCUT2D eigenvalue weighted by atomic mass is 35.5. The number of carbonyl (C=O) groups excluding carboxylic acids is 1. The number of alkyl halides is 3. The first-order valence-electron chi connectivity index (χ1n) is 8.84. The summed E-state index contributed by atoms with van der Waals surface area (Å²) in [6.45, 7) is 5.90. The largest absolute Gasteiger partial charge is 0.416 e. The van der Waals surface area contributed by atoms with Gasteiger partial charge in [0.2, 0.25) is 0 Å². The van der Waals surface area contributed by atoms with E-state index in [1.54, 1.807) is 24.6 Å². The van der Waals surface area contributed by atoms with Crippen molar-refractivity contribution in [3.05, 3.63) is 63.7 Å². The average molecular weight is 426 g/mol. The number of halogens is 4. The first-order valence-corrected chi connectivity index (χ1v) is 9.22. The summed E-state index contributed by atoms with van der Waals surface area (Å²) in [4.78, 5) is 12.7. The molecule has 3 aromatic rings. The number of amides is 1. The number of hydrogen-bond donors (Lipinski definition) is 1. The zero-order valence-electron chi connectivity index (χ0n) is 16.0. The molecule has 3 rings (SSSR count). The van der Waals surface area contributed by atoms with Crippen LogP contribution >= 0.6 is 11.6 Å². The molecule has 6 nitrogen and oxygen atoms in total. The zero-order chi connectivity index (χ0) is 21.3. The van der Waals surface area contributed by atoms with Crippen LogP contribution in [0.25, 0.3) is 0 Å². The Morgan fingerprint density at radius 3 is 2.62 bits per heavy atom. The number of nitrogens with zero attached hydrogens (tertiary/aromatic N) is 4. The number of carbonyl (C=O) groups is 1. The van der Waals surface area contributed by atoms with Crippen molar-refractivity contribution in [3.63, 3.8) is 0 Å². The average Bonchev–Trinajstić information content (AvgIpc) is 3.16. The number of nitrogens with one attached hydrogen (secondary N) is 1. The van der Waals surface area contributed by atoms with Gasteiger partial charge < -0.3 is 5.32 Å². The third kappa shape index (κ3) is 4.29. The second-order valence-electron chi connectivity index (χ2n) is 6.51. The van der Waals surface area contributed by atoms with Gasteiger partial charge in [0.15, 0.2) is 0 Å². The summed E-state index contributed by atoms with van der Waals surface area (Å²) in [5, 5.41) is 11.4. The maximum atomic E-state index is 12.9. The highest BCUT2D eigenvalue weighted by Crippen LogP contribution is 2.30. The van der Waals surface area contributed by atoms with Crippen LogP contribution in [0.3, 0.4) is 0 Å². The van der Waals surface area contributed by atoms with Crippen molar-refractivity contribution in [1.29, 1.82) is 0 Å². The molecule has 154 valence electrons. The van der Waals surface area contributed by atoms with Crippen molar-refractivity contribution in [2.45, 2.75) is 40.0 Å². The van der Waals surface area contributed by atoms with Crippen LogP contribution in [0.5, 0.6) is 0 Å². The van der Waals surface area contributed by atoms with Crippen LogP contribution in [0.4, 0.5) is 18.9 Å². The van der Waals surface area contributed by atoms with Crippen LogP contribution in [0, 0.1) is 13.8 Å². The lowest BCUT2D eigenvalue weighted by molar-refractivity contribution is -0.137. The lowest BCUT2D eigenvalue weighted by Crippen LogP contribution is -2.18. The third-order valence-corrected chi connectivity index (χ3v) is 4.79. The number of hydrogen-bond acceptors (Lipinski definition) is 3. The predicted octanol–water partition coefficient (Wildman–Crippen LogP) is 4.69. The Morgan fingerprint density at radius 1 is 1.24 bits per heavy atom. The van der Waals surface area contributed by atoms with E-state index in [2.05, 4.69) is 15.5 Å². The minimum absolute atomic E-state index is 0.139. The smallest absolute Gasteiger partial charge is 0.317 e. The van der Waals surface area contributed by atoms with Crippen LogP contribution < -0.4 is 5.32 Å². The molecule has 0 fully saturated rings. The van der Waals surface area contributed by atoms with Crippen molar-refractivity contribution in [1.82, 2.24) is 19.6 Å². The fourth-order valence-electron chi connectivity index (χ4n) is 3.05. The Kier molecular flexibility index (Phi) is 5.70. The van der Waals surface area contributed by atoms with E-state index in [4.69, 9.17) is 11.6 Å². The molecule has 0 unspecified atom stereocenters. The molecule has 1 aromatic carbocycles. The van der Waals surface area contributed by atoms with Crippen LogP contribution in [-0.2, 0) is 19.3 Å². The van der Waals surface area contributed by atoms with E-state index < -0.39 is 17.6 Å². The summed E-state index contributed by atoms with van der Waals surface area (Å²) in [6.07, 6.45) is -3.01. The van der Waals surface area contributed by atoms with Gasteiger partial charge in [-0.1, -0.05) is 23.7 Å². The van der Waals surface area contributed by atoms with Gasteiger partial charge in [-0.25, -0.2) is 0 Å². The van der Waals surface area contributed by atoms with Crippen LogP contribution in [0.15, 0.2) is 30.5 Å². The second-order valence-corrected chi connectivity index (χ2v) is 6.92. The fourth-order valence-corrected chi connectivity index (χ4v) is 3.28. The maximum Gasteiger partial charge on any atom is 0.416 e. The lowest BCUT2D eigenvalue weighted by Gasteiger charge is -2.10. The van der Waals surface area contributed by atoms with Gasteiger partial charge in [-0.05, 0) is 38.5 Å². The molecule has 0 aliphatic rings. The molecule has 0 spiro atoms. The molecule has 0 aliphatic carbocycles. The van der Waals surface area contributed by atoms with E-state index in [0.717, 1.165) is 12.1 Å². The van der Waals surface area contributed by atoms with Gasteiger partial charge in [0.05, 0.1) is 40.4 Å². The Morgan fingerprint density at radius 2 is 1.97 bits per heavy atom. The topological polar surface area (TPSA) is 64.7 Å². The normalized spacial score (nSPS) is 11.7. The molecule has 0 bridgehead atoms. The van der Waals surface area contributed by atoms with Gasteiger partial charge >= 0.3 is 6.18 Å². The number of aromatic nitrogens is 4. The molecule has 1 N–H and O–H groups in total. The Bertz CT molecular complexity index is 1050. The van der Waals surface area contributed by atoms with Crippen molar-refractivity contribution >= 4 is 23.2 Å². The summed E-state index contributed by atoms with van der Waals surface area (Å²) in [5.41, 5.74) is 1.62. The molecule has 0 aliphatic heterocycles. The molecular formula is C19H19ClF3N5O. The number of anilines is 1. The van der Waals surface area contributed by atoms with Crippen LogP contribution in [0.2, 0.25) is 5.02 Å². The molecule has 0 radical (unpaired) electrons. The summed E-state index contributed by atoms with van der Waals surface area (Å²) < 4.78 is 41.9. The van der Waals surface area contributed by atoms with E-state index in [1.165, 1.54) is 16.9 Å². The highest BCUT2D eigenvalue weighted by Gasteiger charge is 2.30. The van der Waals surface area contributed by atoms with Gasteiger partial charge in [-0.3, -0.25) is 14.2 Å². The molecule has 0 saturated heterocycles. The van der Waals surface area contributed by atoms with Gasteiger partial charge in [0.25, 0.3) is 5.91 Å². The zero-order valence-corrected chi connectivity index (χ0v) is 16.8. The maximum absolute atomic E-state index is 12.9. The van der Waals surface area contributed by atoms with Gasteiger partial charge in [-0.15, -0.1) is 0 Å². The molecule has 0 saturated carbocycles. The van der Waals surface area contributed by atoms with E-state index >= 15 is 0 Å². The SMILES string of the molecule is CCn1ncc(Cl)c1C(=O)Nc1c(C)nn(Cc2cccc(C(F)(F)F)c2)c1C. The first-order chi connectivity index (χ1) is 13.6. The summed E-state index contributed by atoms with van der Waals surface area (Å²) in [5.74, 6) is -0.431. The minimum Gasteiger partial charge on any atom is -0.317 e. The highest BCUT2D eigenvalue weighted by molar-refractivity contribution is 6.34. The molecule has 1 amide bonds. The Balaban J connectivity index is 1.86. The first kappa shape index (κ1) is 20.9. The van der Waals surface area contributed by atoms with Crippen molar-refractivity contribution in [3.8, 4) is 0 Å². The van der Waals surface area contributed by atoms with Gasteiger partial charge in [0.1, 0.15) is 5.69 Å². The Hall–Kier alpha value is -2.81. The van der Waals surface area contributed by atoms with Crippen molar-refractivity contribution < 1.29 is 18.0 Å². The van der Waals surface area contributed by atoms with Gasteiger partial charge in [-0.2, -0.15) is 23.4 Å². The van der Waals surface area contributed by atoms with E-state index in [-0.39, 0.29) is 17.3 Å². The van der Waals surface area contributed by atoms with Crippen molar-refractivity contribution in [2.75, 3.05) is 5.32 Å². The summed E-state index contributed by atoms with van der Waals surface area (Å²) >= 11 is 6.07. The molecular weight excluding hydrogens is 407 g/mol. The summed E-state index contributed by atoms with van der Waals surface area (Å²) in [7, 11) is 0. The lowest BCUT2D eigenvalue weighted by atomic mass is 10.1. The standard InChI is InChI=1S/C19H19ClF3N5O/c1-4-27-17(15(20)9-24-27)18(29)25-16-11(2)26-28(12(16)3)10-13-6-5-7-14(8-13)19(21,22)23/h5-9H,4,10H2,1-3H3,(H,25,29). The van der Waals surface area contributed by atoms with E-state index in [1.807, 2.05) is 6.92 Å². The molecule has 0 atom stereocenters. The summed E-state index contributed by atoms with van der Waals surface area (Å²) in [6, 6.07) is 5.08. The third-order valence-electron chi connectivity index (χ3n) is 4.52.